The van der Waals surface area contributed by atoms with Gasteiger partial charge < -0.3 is 4.55 Å². The van der Waals surface area contributed by atoms with Gasteiger partial charge in [0.05, 0.1) is 0 Å². The van der Waals surface area contributed by atoms with Crippen LogP contribution < -0.4 is 29.6 Å². The largest absolute Gasteiger partial charge is 1.00 e. The van der Waals surface area contributed by atoms with Gasteiger partial charge >= 0.3 is 29.6 Å². The van der Waals surface area contributed by atoms with Crippen molar-refractivity contribution in [3.63, 3.8) is 0 Å². The molecule has 1 aliphatic rings. The fraction of sp³-hybridized carbons (Fsp3) is 0.400. The first-order chi connectivity index (χ1) is 6.27. The van der Waals surface area contributed by atoms with Gasteiger partial charge in [0.25, 0.3) is 0 Å². The smallest absolute Gasteiger partial charge is 0.772 e. The Morgan fingerprint density at radius 1 is 1.29 bits per heavy atom. The SMILES string of the molecule is O=S([O-])C1CCc2ccccc2C1.[Na+]. The van der Waals surface area contributed by atoms with Crippen LogP contribution in [-0.4, -0.2) is 14.0 Å². The summed E-state index contributed by atoms with van der Waals surface area (Å²) in [6.07, 6.45) is 2.36. The van der Waals surface area contributed by atoms with Gasteiger partial charge in [-0.25, -0.2) is 0 Å². The molecule has 0 heterocycles. The molecule has 0 saturated heterocycles. The minimum absolute atomic E-state index is 0. The molecule has 0 spiro atoms. The Hall–Kier alpha value is 0.330. The molecule has 0 bridgehead atoms. The van der Waals surface area contributed by atoms with E-state index >= 15 is 0 Å². The molecule has 2 atom stereocenters. The van der Waals surface area contributed by atoms with Crippen molar-refractivity contribution < 1.29 is 38.3 Å². The molecular weight excluding hydrogens is 207 g/mol. The van der Waals surface area contributed by atoms with Crippen LogP contribution in [0.3, 0.4) is 0 Å². The molecule has 0 aliphatic heterocycles. The van der Waals surface area contributed by atoms with Crippen LogP contribution in [0.4, 0.5) is 0 Å². The van der Waals surface area contributed by atoms with Crippen LogP contribution in [0.25, 0.3) is 0 Å². The summed E-state index contributed by atoms with van der Waals surface area (Å²) in [5, 5.41) is -0.171. The Labute approximate surface area is 109 Å². The predicted molar refractivity (Wildman–Crippen MR) is 51.2 cm³/mol. The summed E-state index contributed by atoms with van der Waals surface area (Å²) in [6.45, 7) is 0. The minimum atomic E-state index is -1.91. The zero-order valence-electron chi connectivity index (χ0n) is 8.23. The van der Waals surface area contributed by atoms with E-state index in [1.807, 2.05) is 18.2 Å². The van der Waals surface area contributed by atoms with E-state index in [-0.39, 0.29) is 34.8 Å². The van der Waals surface area contributed by atoms with Crippen molar-refractivity contribution in [2.75, 3.05) is 0 Å². The van der Waals surface area contributed by atoms with Gasteiger partial charge in [-0.3, -0.25) is 4.21 Å². The first kappa shape index (κ1) is 12.4. The van der Waals surface area contributed by atoms with E-state index in [0.717, 1.165) is 12.8 Å². The Kier molecular flexibility index (Phi) is 4.80. The van der Waals surface area contributed by atoms with Gasteiger partial charge in [-0.15, -0.1) is 0 Å². The summed E-state index contributed by atoms with van der Waals surface area (Å²) in [4.78, 5) is 0. The Bertz CT molecular complexity index is 341. The van der Waals surface area contributed by atoms with Gasteiger partial charge in [0.1, 0.15) is 0 Å². The van der Waals surface area contributed by atoms with Gasteiger partial charge in [-0.1, -0.05) is 35.3 Å². The second kappa shape index (κ2) is 5.42. The zero-order valence-corrected chi connectivity index (χ0v) is 11.0. The average molecular weight is 218 g/mol. The van der Waals surface area contributed by atoms with Crippen molar-refractivity contribution in [2.24, 2.45) is 0 Å². The van der Waals surface area contributed by atoms with Crippen LogP contribution in [0, 0.1) is 0 Å². The van der Waals surface area contributed by atoms with Crippen molar-refractivity contribution in [3.8, 4) is 0 Å². The second-order valence-electron chi connectivity index (χ2n) is 3.39. The number of hydrogen-bond donors (Lipinski definition) is 0. The first-order valence-corrected chi connectivity index (χ1v) is 5.56. The molecule has 0 amide bonds. The Morgan fingerprint density at radius 3 is 2.57 bits per heavy atom. The average Bonchev–Trinajstić information content (AvgIpc) is 2.17. The van der Waals surface area contributed by atoms with Crippen LogP contribution >= 0.6 is 0 Å². The molecule has 1 aliphatic carbocycles. The first-order valence-electron chi connectivity index (χ1n) is 4.42. The monoisotopic (exact) mass is 218 g/mol. The second-order valence-corrected chi connectivity index (χ2v) is 4.58. The molecule has 1 aromatic rings. The number of rotatable bonds is 1. The number of aryl methyl sites for hydroxylation is 1. The fourth-order valence-electron chi connectivity index (χ4n) is 1.83. The molecule has 0 fully saturated rings. The van der Waals surface area contributed by atoms with Crippen molar-refractivity contribution in [1.29, 1.82) is 0 Å². The van der Waals surface area contributed by atoms with Gasteiger partial charge in [0.2, 0.25) is 0 Å². The van der Waals surface area contributed by atoms with Crippen molar-refractivity contribution in [3.05, 3.63) is 35.4 Å². The summed E-state index contributed by atoms with van der Waals surface area (Å²) in [6, 6.07) is 8.08. The van der Waals surface area contributed by atoms with Gasteiger partial charge in [0.15, 0.2) is 0 Å². The van der Waals surface area contributed by atoms with Gasteiger partial charge in [-0.05, 0) is 30.4 Å². The zero-order chi connectivity index (χ0) is 9.26. The maximum atomic E-state index is 10.8. The molecule has 2 nitrogen and oxygen atoms in total. The van der Waals surface area contributed by atoms with Crippen molar-refractivity contribution in [1.82, 2.24) is 0 Å². The van der Waals surface area contributed by atoms with E-state index in [9.17, 15) is 8.76 Å². The van der Waals surface area contributed by atoms with Crippen LogP contribution in [-0.2, 0) is 23.9 Å². The third-order valence-corrected chi connectivity index (χ3v) is 3.52. The molecule has 0 N–H and O–H groups in total. The van der Waals surface area contributed by atoms with E-state index < -0.39 is 11.1 Å². The fourth-order valence-corrected chi connectivity index (χ4v) is 2.45. The van der Waals surface area contributed by atoms with Crippen LogP contribution in [0.1, 0.15) is 17.5 Å². The van der Waals surface area contributed by atoms with Gasteiger partial charge in [-0.2, -0.15) is 0 Å². The van der Waals surface area contributed by atoms with Crippen LogP contribution in [0.5, 0.6) is 0 Å². The van der Waals surface area contributed by atoms with Crippen molar-refractivity contribution in [2.45, 2.75) is 24.5 Å². The normalized spacial score (nSPS) is 21.9. The quantitative estimate of drug-likeness (QED) is 0.422. The Morgan fingerprint density at radius 2 is 1.93 bits per heavy atom. The maximum Gasteiger partial charge on any atom is 1.00 e. The molecule has 2 rings (SSSR count). The standard InChI is InChI=1S/C10H12O2S.Na/c11-13(12)10-6-5-8-3-1-2-4-9(8)7-10;/h1-4,10H,5-7H2,(H,11,12);/q;+1/p-1. The molecule has 0 saturated carbocycles. The molecule has 0 aromatic heterocycles. The molecule has 14 heavy (non-hydrogen) atoms. The predicted octanol–water partition coefficient (Wildman–Crippen LogP) is -1.57. The van der Waals surface area contributed by atoms with Crippen LogP contribution in [0.2, 0.25) is 0 Å². The van der Waals surface area contributed by atoms with Crippen LogP contribution in [0.15, 0.2) is 24.3 Å². The Balaban J connectivity index is 0.000000980. The van der Waals surface area contributed by atoms with E-state index in [0.29, 0.717) is 6.42 Å². The topological polar surface area (TPSA) is 40.1 Å². The molecular formula is C10H11NaO2S. The third-order valence-electron chi connectivity index (χ3n) is 2.57. The van der Waals surface area contributed by atoms with E-state index in [1.165, 1.54) is 11.1 Å². The maximum absolute atomic E-state index is 10.8. The summed E-state index contributed by atoms with van der Waals surface area (Å²) >= 11 is -1.91. The minimum Gasteiger partial charge on any atom is -0.772 e. The van der Waals surface area contributed by atoms with Crippen molar-refractivity contribution >= 4 is 11.1 Å². The number of benzene rings is 1. The third kappa shape index (κ3) is 2.67. The molecule has 0 radical (unpaired) electrons. The van der Waals surface area contributed by atoms with E-state index in [2.05, 4.69) is 6.07 Å². The summed E-state index contributed by atoms with van der Waals surface area (Å²) < 4.78 is 21.5. The summed E-state index contributed by atoms with van der Waals surface area (Å²) in [5.41, 5.74) is 2.51. The molecule has 1 aromatic carbocycles. The number of fused-ring (bicyclic) bond motifs is 1. The molecule has 2 unspecified atom stereocenters. The van der Waals surface area contributed by atoms with E-state index in [1.54, 1.807) is 0 Å². The number of hydrogen-bond acceptors (Lipinski definition) is 2. The molecule has 4 heteroatoms. The summed E-state index contributed by atoms with van der Waals surface area (Å²) in [7, 11) is 0. The summed E-state index contributed by atoms with van der Waals surface area (Å²) in [5.74, 6) is 0. The molecule has 70 valence electrons. The van der Waals surface area contributed by atoms with E-state index in [4.69, 9.17) is 0 Å². The van der Waals surface area contributed by atoms with Gasteiger partial charge in [0, 0.05) is 5.25 Å².